The molecule has 1 saturated carbocycles. The minimum atomic E-state index is 0.646. The number of nitrogens with one attached hydrogen (secondary N) is 3. The van der Waals surface area contributed by atoms with Crippen LogP contribution in [0.5, 0.6) is 0 Å². The maximum absolute atomic E-state index is 9.17. The number of hydrogen-bond donors (Lipinski definition) is 3. The second-order valence-corrected chi connectivity index (χ2v) is 10.2. The number of nitriles is 1. The van der Waals surface area contributed by atoms with E-state index >= 15 is 0 Å². The van der Waals surface area contributed by atoms with Crippen LogP contribution in [-0.2, 0) is 0 Å². The molecule has 0 radical (unpaired) electrons. The third-order valence-corrected chi connectivity index (χ3v) is 8.14. The quantitative estimate of drug-likeness (QED) is 0.557. The highest BCUT2D eigenvalue weighted by Crippen LogP contribution is 2.39. The Morgan fingerprint density at radius 1 is 1.19 bits per heavy atom. The number of fused-ring (bicyclic) bond motifs is 1. The third-order valence-electron chi connectivity index (χ3n) is 6.97. The Labute approximate surface area is 193 Å². The van der Waals surface area contributed by atoms with E-state index in [0.717, 1.165) is 77.3 Å². The lowest BCUT2D eigenvalue weighted by Crippen LogP contribution is -2.25. The van der Waals surface area contributed by atoms with Crippen LogP contribution >= 0.6 is 11.3 Å². The van der Waals surface area contributed by atoms with Gasteiger partial charge in [0.05, 0.1) is 22.2 Å². The number of allylic oxidation sites excluding steroid dienone is 1. The lowest BCUT2D eigenvalue weighted by Gasteiger charge is -2.19. The summed E-state index contributed by atoms with van der Waals surface area (Å²) in [5.41, 5.74) is 3.41. The summed E-state index contributed by atoms with van der Waals surface area (Å²) < 4.78 is 0. The third kappa shape index (κ3) is 4.57. The summed E-state index contributed by atoms with van der Waals surface area (Å²) in [7, 11) is 0. The maximum atomic E-state index is 9.17. The first-order valence-corrected chi connectivity index (χ1v) is 12.5. The van der Waals surface area contributed by atoms with Gasteiger partial charge in [-0.3, -0.25) is 0 Å². The number of aromatic nitrogens is 1. The zero-order valence-electron chi connectivity index (χ0n) is 18.3. The second-order valence-electron chi connectivity index (χ2n) is 9.20. The SMILES string of the molecule is N#Cc1ccc(-c2nc(N3CCC4CNCC4CC3)sc2/C(C=N)=C/NCC2CC2)cc1. The van der Waals surface area contributed by atoms with Crippen LogP contribution in [-0.4, -0.2) is 43.9 Å². The fourth-order valence-corrected chi connectivity index (χ4v) is 5.90. The molecule has 0 spiro atoms. The van der Waals surface area contributed by atoms with Crippen molar-refractivity contribution < 1.29 is 0 Å². The van der Waals surface area contributed by atoms with Crippen LogP contribution in [0.1, 0.15) is 36.1 Å². The molecular formula is C25H30N6S. The zero-order chi connectivity index (χ0) is 21.9. The Kier molecular flexibility index (Phi) is 6.24. The molecule has 3 fully saturated rings. The molecule has 166 valence electrons. The smallest absolute Gasteiger partial charge is 0.186 e. The van der Waals surface area contributed by atoms with Gasteiger partial charge in [0, 0.05) is 43.2 Å². The van der Waals surface area contributed by atoms with Gasteiger partial charge in [-0.25, -0.2) is 4.98 Å². The Morgan fingerprint density at radius 3 is 2.53 bits per heavy atom. The van der Waals surface area contributed by atoms with Gasteiger partial charge < -0.3 is 20.9 Å². The predicted octanol–water partition coefficient (Wildman–Crippen LogP) is 4.11. The summed E-state index contributed by atoms with van der Waals surface area (Å²) in [6.45, 7) is 5.33. The average molecular weight is 447 g/mol. The van der Waals surface area contributed by atoms with Crippen LogP contribution in [0.25, 0.3) is 16.8 Å². The molecule has 32 heavy (non-hydrogen) atoms. The van der Waals surface area contributed by atoms with Crippen LogP contribution in [0.3, 0.4) is 0 Å². The normalized spacial score (nSPS) is 23.3. The van der Waals surface area contributed by atoms with Crippen molar-refractivity contribution in [1.82, 2.24) is 15.6 Å². The molecule has 5 rings (SSSR count). The van der Waals surface area contributed by atoms with Gasteiger partial charge in [0.1, 0.15) is 0 Å². The maximum Gasteiger partial charge on any atom is 0.186 e. The largest absolute Gasteiger partial charge is 0.390 e. The summed E-state index contributed by atoms with van der Waals surface area (Å²) >= 11 is 1.69. The molecule has 2 atom stereocenters. The second kappa shape index (κ2) is 9.43. The summed E-state index contributed by atoms with van der Waals surface area (Å²) in [5.74, 6) is 2.33. The Hall–Kier alpha value is -2.69. The van der Waals surface area contributed by atoms with E-state index in [1.165, 1.54) is 31.9 Å². The van der Waals surface area contributed by atoms with Crippen molar-refractivity contribution >= 4 is 28.3 Å². The average Bonchev–Trinajstić information content (AvgIpc) is 3.45. The van der Waals surface area contributed by atoms with Crippen molar-refractivity contribution in [2.45, 2.75) is 25.7 Å². The van der Waals surface area contributed by atoms with E-state index in [2.05, 4.69) is 21.6 Å². The van der Waals surface area contributed by atoms with Gasteiger partial charge in [0.25, 0.3) is 0 Å². The van der Waals surface area contributed by atoms with Crippen molar-refractivity contribution in [2.75, 3.05) is 37.6 Å². The van der Waals surface area contributed by atoms with Crippen molar-refractivity contribution in [2.24, 2.45) is 17.8 Å². The molecule has 1 aromatic heterocycles. The first kappa shape index (κ1) is 21.2. The minimum absolute atomic E-state index is 0.646. The number of nitrogens with zero attached hydrogens (tertiary/aromatic N) is 3. The summed E-state index contributed by atoms with van der Waals surface area (Å²) in [5, 5.41) is 25.3. The fraction of sp³-hybridized carbons (Fsp3) is 0.480. The highest BCUT2D eigenvalue weighted by Gasteiger charge is 2.31. The highest BCUT2D eigenvalue weighted by atomic mass is 32.1. The van der Waals surface area contributed by atoms with Gasteiger partial charge in [-0.1, -0.05) is 23.5 Å². The Morgan fingerprint density at radius 2 is 1.91 bits per heavy atom. The Bertz CT molecular complexity index is 1020. The van der Waals surface area contributed by atoms with Gasteiger partial charge in [-0.15, -0.1) is 0 Å². The van der Waals surface area contributed by atoms with Gasteiger partial charge in [0.15, 0.2) is 5.13 Å². The predicted molar refractivity (Wildman–Crippen MR) is 131 cm³/mol. The number of benzene rings is 1. The number of thiazole rings is 1. The van der Waals surface area contributed by atoms with E-state index in [0.29, 0.717) is 5.56 Å². The van der Waals surface area contributed by atoms with E-state index in [1.807, 2.05) is 30.5 Å². The number of hydrogen-bond acceptors (Lipinski definition) is 7. The molecule has 0 amide bonds. The molecule has 2 aliphatic heterocycles. The van der Waals surface area contributed by atoms with Gasteiger partial charge in [0.2, 0.25) is 0 Å². The Balaban J connectivity index is 1.46. The zero-order valence-corrected chi connectivity index (χ0v) is 19.1. The van der Waals surface area contributed by atoms with Gasteiger partial charge in [-0.05, 0) is 68.7 Å². The van der Waals surface area contributed by atoms with Gasteiger partial charge in [-0.2, -0.15) is 5.26 Å². The van der Waals surface area contributed by atoms with Crippen LogP contribution < -0.4 is 15.5 Å². The first-order valence-electron chi connectivity index (χ1n) is 11.7. The van der Waals surface area contributed by atoms with Crippen molar-refractivity contribution in [3.05, 3.63) is 40.9 Å². The van der Waals surface area contributed by atoms with Crippen LogP contribution in [0, 0.1) is 34.5 Å². The number of anilines is 1. The standard InChI is InChI=1S/C25H30N6S/c26-11-17-3-5-19(6-4-17)23-24(22(12-27)16-28-13-18-1-2-18)32-25(30-23)31-9-7-20-14-29-15-21(20)8-10-31/h3-6,12,16,18,20-21,27-29H,1-2,7-10,13-15H2/b22-16+,27-12?. The van der Waals surface area contributed by atoms with E-state index < -0.39 is 0 Å². The van der Waals surface area contributed by atoms with E-state index in [4.69, 9.17) is 10.4 Å². The summed E-state index contributed by atoms with van der Waals surface area (Å²) in [6.07, 6.45) is 8.42. The first-order chi connectivity index (χ1) is 15.7. The fourth-order valence-electron chi connectivity index (χ4n) is 4.78. The van der Waals surface area contributed by atoms with Crippen molar-refractivity contribution in [3.8, 4) is 17.3 Å². The van der Waals surface area contributed by atoms with E-state index in [-0.39, 0.29) is 0 Å². The molecule has 2 unspecified atom stereocenters. The lowest BCUT2D eigenvalue weighted by molar-refractivity contribution is 0.409. The monoisotopic (exact) mass is 446 g/mol. The van der Waals surface area contributed by atoms with Gasteiger partial charge >= 0.3 is 0 Å². The number of rotatable bonds is 7. The molecule has 6 nitrogen and oxygen atoms in total. The summed E-state index contributed by atoms with van der Waals surface area (Å²) in [6, 6.07) is 9.82. The van der Waals surface area contributed by atoms with E-state index in [1.54, 1.807) is 11.3 Å². The van der Waals surface area contributed by atoms with Crippen molar-refractivity contribution in [3.63, 3.8) is 0 Å². The molecule has 3 N–H and O–H groups in total. The van der Waals surface area contributed by atoms with E-state index in [9.17, 15) is 5.26 Å². The minimum Gasteiger partial charge on any atom is -0.390 e. The van der Waals surface area contributed by atoms with Crippen LogP contribution in [0.2, 0.25) is 0 Å². The molecule has 3 aliphatic rings. The van der Waals surface area contributed by atoms with Crippen LogP contribution in [0.15, 0.2) is 30.5 Å². The molecular weight excluding hydrogens is 416 g/mol. The molecule has 2 saturated heterocycles. The topological polar surface area (TPSA) is 87.8 Å². The molecule has 3 heterocycles. The molecule has 1 aliphatic carbocycles. The molecule has 7 heteroatoms. The lowest BCUT2D eigenvalue weighted by atomic mass is 9.92. The molecule has 0 bridgehead atoms. The molecule has 2 aromatic rings. The van der Waals surface area contributed by atoms with Crippen LogP contribution in [0.4, 0.5) is 5.13 Å². The summed E-state index contributed by atoms with van der Waals surface area (Å²) in [4.78, 5) is 8.56. The highest BCUT2D eigenvalue weighted by molar-refractivity contribution is 7.17. The van der Waals surface area contributed by atoms with Crippen molar-refractivity contribution in [1.29, 1.82) is 10.7 Å². The molecule has 1 aromatic carbocycles.